The van der Waals surface area contributed by atoms with Gasteiger partial charge < -0.3 is 15.3 Å². The highest BCUT2D eigenvalue weighted by Gasteiger charge is 2.39. The van der Waals surface area contributed by atoms with E-state index in [4.69, 9.17) is 5.11 Å². The molecule has 0 aliphatic carbocycles. The molecule has 1 aliphatic rings. The minimum atomic E-state index is -1.44. The Morgan fingerprint density at radius 1 is 1.38 bits per heavy atom. The minimum Gasteiger partial charge on any atom is -0.480 e. The normalized spacial score (nSPS) is 17.6. The Bertz CT molecular complexity index is 325. The molecular formula is C10H16N2O4. The predicted octanol–water partition coefficient (Wildman–Crippen LogP) is -0.554. The molecule has 16 heavy (non-hydrogen) atoms. The highest BCUT2D eigenvalue weighted by molar-refractivity contribution is 6.01. The second kappa shape index (κ2) is 4.51. The third-order valence-corrected chi connectivity index (χ3v) is 2.67. The van der Waals surface area contributed by atoms with Crippen molar-refractivity contribution in [2.75, 3.05) is 19.6 Å². The van der Waals surface area contributed by atoms with E-state index in [-0.39, 0.29) is 18.9 Å². The zero-order chi connectivity index (χ0) is 12.3. The summed E-state index contributed by atoms with van der Waals surface area (Å²) in [6.45, 7) is 3.76. The highest BCUT2D eigenvalue weighted by atomic mass is 16.4. The molecular weight excluding hydrogens is 212 g/mol. The summed E-state index contributed by atoms with van der Waals surface area (Å²) in [5, 5.41) is 11.6. The maximum absolute atomic E-state index is 11.9. The summed E-state index contributed by atoms with van der Waals surface area (Å²) in [5.74, 6) is -1.71. The molecule has 1 rings (SSSR count). The molecule has 0 aromatic rings. The smallest absolute Gasteiger partial charge is 0.318 e. The zero-order valence-electron chi connectivity index (χ0n) is 9.45. The number of amides is 2. The van der Waals surface area contributed by atoms with Crippen LogP contribution in [0.15, 0.2) is 0 Å². The molecule has 1 saturated heterocycles. The monoisotopic (exact) mass is 228 g/mol. The van der Waals surface area contributed by atoms with E-state index in [2.05, 4.69) is 5.32 Å². The van der Waals surface area contributed by atoms with E-state index in [9.17, 15) is 14.4 Å². The van der Waals surface area contributed by atoms with Crippen LogP contribution >= 0.6 is 0 Å². The van der Waals surface area contributed by atoms with Crippen molar-refractivity contribution in [2.24, 2.45) is 5.41 Å². The fraction of sp³-hybridized carbons (Fsp3) is 0.700. The molecule has 0 saturated carbocycles. The lowest BCUT2D eigenvalue weighted by Gasteiger charge is -2.27. The van der Waals surface area contributed by atoms with Gasteiger partial charge in [-0.2, -0.15) is 0 Å². The van der Waals surface area contributed by atoms with Gasteiger partial charge in [-0.3, -0.25) is 14.4 Å². The van der Waals surface area contributed by atoms with Crippen molar-refractivity contribution in [3.63, 3.8) is 0 Å². The van der Waals surface area contributed by atoms with Gasteiger partial charge in [0.2, 0.25) is 11.8 Å². The van der Waals surface area contributed by atoms with Crippen LogP contribution in [0.3, 0.4) is 0 Å². The lowest BCUT2D eigenvalue weighted by molar-refractivity contribution is -0.158. The minimum absolute atomic E-state index is 0.108. The van der Waals surface area contributed by atoms with Crippen molar-refractivity contribution < 1.29 is 19.5 Å². The molecule has 0 aromatic heterocycles. The number of hydrogen-bond donors (Lipinski definition) is 2. The Labute approximate surface area is 93.6 Å². The van der Waals surface area contributed by atoms with Gasteiger partial charge in [-0.15, -0.1) is 0 Å². The van der Waals surface area contributed by atoms with Crippen molar-refractivity contribution in [2.45, 2.75) is 20.3 Å². The average Bonchev–Trinajstić information content (AvgIpc) is 2.41. The molecule has 2 amide bonds. The number of rotatable bonds is 2. The van der Waals surface area contributed by atoms with Gasteiger partial charge in [0.1, 0.15) is 5.41 Å². The number of hydrogen-bond acceptors (Lipinski definition) is 3. The second-order valence-electron chi connectivity index (χ2n) is 4.32. The largest absolute Gasteiger partial charge is 0.480 e. The second-order valence-corrected chi connectivity index (χ2v) is 4.32. The molecule has 0 aromatic carbocycles. The van der Waals surface area contributed by atoms with Gasteiger partial charge in [0.05, 0.1) is 0 Å². The Morgan fingerprint density at radius 3 is 2.56 bits per heavy atom. The fourth-order valence-electron chi connectivity index (χ4n) is 1.46. The number of aliphatic carboxylic acids is 1. The average molecular weight is 228 g/mol. The fourth-order valence-corrected chi connectivity index (χ4v) is 1.46. The summed E-state index contributed by atoms with van der Waals surface area (Å²) in [6.07, 6.45) is 0.224. The summed E-state index contributed by atoms with van der Waals surface area (Å²) >= 11 is 0. The number of nitrogens with zero attached hydrogens (tertiary/aromatic N) is 1. The Morgan fingerprint density at radius 2 is 2.00 bits per heavy atom. The van der Waals surface area contributed by atoms with E-state index in [0.29, 0.717) is 13.1 Å². The molecule has 0 bridgehead atoms. The SMILES string of the molecule is CC(C)(C(=O)O)C(=O)N1CCNC(=O)CC1. The molecule has 1 aliphatic heterocycles. The van der Waals surface area contributed by atoms with Gasteiger partial charge in [-0.25, -0.2) is 0 Å². The molecule has 90 valence electrons. The van der Waals surface area contributed by atoms with Crippen LogP contribution in [0.5, 0.6) is 0 Å². The summed E-state index contributed by atoms with van der Waals surface area (Å²) in [7, 11) is 0. The number of carbonyl (C=O) groups excluding carboxylic acids is 2. The van der Waals surface area contributed by atoms with E-state index < -0.39 is 17.3 Å². The zero-order valence-corrected chi connectivity index (χ0v) is 9.45. The van der Waals surface area contributed by atoms with Crippen LogP contribution in [0.2, 0.25) is 0 Å². The highest BCUT2D eigenvalue weighted by Crippen LogP contribution is 2.19. The maximum Gasteiger partial charge on any atom is 0.318 e. The van der Waals surface area contributed by atoms with Crippen molar-refractivity contribution >= 4 is 17.8 Å². The quantitative estimate of drug-likeness (QED) is 0.621. The van der Waals surface area contributed by atoms with Gasteiger partial charge in [0.15, 0.2) is 0 Å². The van der Waals surface area contributed by atoms with Gasteiger partial charge in [0, 0.05) is 26.1 Å². The van der Waals surface area contributed by atoms with E-state index in [0.717, 1.165) is 0 Å². The van der Waals surface area contributed by atoms with Crippen molar-refractivity contribution in [1.82, 2.24) is 10.2 Å². The number of carboxylic acids is 1. The van der Waals surface area contributed by atoms with E-state index in [1.54, 1.807) is 0 Å². The molecule has 0 atom stereocenters. The van der Waals surface area contributed by atoms with Crippen LogP contribution in [-0.4, -0.2) is 47.4 Å². The molecule has 6 heteroatoms. The Kier molecular flexibility index (Phi) is 3.51. The molecule has 0 unspecified atom stereocenters. The van der Waals surface area contributed by atoms with E-state index >= 15 is 0 Å². The van der Waals surface area contributed by atoms with Crippen molar-refractivity contribution in [3.8, 4) is 0 Å². The Balaban J connectivity index is 2.73. The van der Waals surface area contributed by atoms with Crippen LogP contribution in [0.4, 0.5) is 0 Å². The summed E-state index contributed by atoms with van der Waals surface area (Å²) in [6, 6.07) is 0. The predicted molar refractivity (Wildman–Crippen MR) is 55.6 cm³/mol. The lowest BCUT2D eigenvalue weighted by Crippen LogP contribution is -2.46. The first-order chi connectivity index (χ1) is 7.35. The van der Waals surface area contributed by atoms with Crippen molar-refractivity contribution in [3.05, 3.63) is 0 Å². The molecule has 2 N–H and O–H groups in total. The lowest BCUT2D eigenvalue weighted by atomic mass is 9.92. The van der Waals surface area contributed by atoms with Gasteiger partial charge in [-0.05, 0) is 13.8 Å². The van der Waals surface area contributed by atoms with Gasteiger partial charge >= 0.3 is 5.97 Å². The number of carboxylic acid groups (broad SMARTS) is 1. The van der Waals surface area contributed by atoms with Crippen molar-refractivity contribution in [1.29, 1.82) is 0 Å². The first-order valence-electron chi connectivity index (χ1n) is 5.15. The topological polar surface area (TPSA) is 86.7 Å². The molecule has 1 heterocycles. The first kappa shape index (κ1) is 12.5. The van der Waals surface area contributed by atoms with Gasteiger partial charge in [0.25, 0.3) is 0 Å². The number of carbonyl (C=O) groups is 3. The third kappa shape index (κ3) is 2.50. The van der Waals surface area contributed by atoms with Gasteiger partial charge in [-0.1, -0.05) is 0 Å². The molecule has 0 spiro atoms. The van der Waals surface area contributed by atoms with Crippen LogP contribution in [0.25, 0.3) is 0 Å². The molecule has 1 fully saturated rings. The third-order valence-electron chi connectivity index (χ3n) is 2.67. The van der Waals surface area contributed by atoms with E-state index in [1.165, 1.54) is 18.7 Å². The summed E-state index contributed by atoms with van der Waals surface area (Å²) < 4.78 is 0. The van der Waals surface area contributed by atoms with Crippen LogP contribution in [0.1, 0.15) is 20.3 Å². The standard InChI is InChI=1S/C10H16N2O4/c1-10(2,9(15)16)8(14)12-5-3-7(13)11-4-6-12/h3-6H2,1-2H3,(H,11,13)(H,15,16). The molecule has 0 radical (unpaired) electrons. The maximum atomic E-state index is 11.9. The van der Waals surface area contributed by atoms with Crippen LogP contribution < -0.4 is 5.32 Å². The summed E-state index contributed by atoms with van der Waals surface area (Å²) in [4.78, 5) is 35.3. The number of nitrogens with one attached hydrogen (secondary N) is 1. The van der Waals surface area contributed by atoms with Crippen LogP contribution in [0, 0.1) is 5.41 Å². The van der Waals surface area contributed by atoms with E-state index in [1.807, 2.05) is 0 Å². The summed E-state index contributed by atoms with van der Waals surface area (Å²) in [5.41, 5.74) is -1.44. The van der Waals surface area contributed by atoms with Crippen LogP contribution in [-0.2, 0) is 14.4 Å². The first-order valence-corrected chi connectivity index (χ1v) is 5.15. The molecule has 6 nitrogen and oxygen atoms in total. The Hall–Kier alpha value is -1.59.